The van der Waals surface area contributed by atoms with Gasteiger partial charge in [-0.2, -0.15) is 0 Å². The average Bonchev–Trinajstić information content (AvgIpc) is 2.83. The highest BCUT2D eigenvalue weighted by atomic mass is 16.5. The van der Waals surface area contributed by atoms with E-state index in [1.54, 1.807) is 0 Å². The third-order valence-electron chi connectivity index (χ3n) is 3.19. The van der Waals surface area contributed by atoms with E-state index >= 15 is 0 Å². The molecule has 1 aromatic carbocycles. The molecule has 1 aliphatic rings. The van der Waals surface area contributed by atoms with Gasteiger partial charge in [-0.3, -0.25) is 0 Å². The Hall–Kier alpha value is -1.55. The van der Waals surface area contributed by atoms with Crippen LogP contribution in [0.3, 0.4) is 0 Å². The van der Waals surface area contributed by atoms with E-state index in [0.717, 1.165) is 18.5 Å². The van der Waals surface area contributed by atoms with Crippen molar-refractivity contribution in [3.8, 4) is 0 Å². The molecule has 3 unspecified atom stereocenters. The summed E-state index contributed by atoms with van der Waals surface area (Å²) < 4.78 is 10.6. The van der Waals surface area contributed by atoms with Crippen molar-refractivity contribution in [2.45, 2.75) is 38.0 Å². The third kappa shape index (κ3) is 3.01. The topological polar surface area (TPSA) is 47.6 Å². The molecular formula is C14H19NO3. The van der Waals surface area contributed by atoms with Crippen molar-refractivity contribution in [2.75, 3.05) is 12.4 Å². The molecule has 2 rings (SSSR count). The highest BCUT2D eigenvalue weighted by molar-refractivity contribution is 5.80. The van der Waals surface area contributed by atoms with Crippen LogP contribution in [0.15, 0.2) is 30.3 Å². The van der Waals surface area contributed by atoms with Gasteiger partial charge in [-0.1, -0.05) is 18.2 Å². The minimum atomic E-state index is -0.442. The number of anilines is 1. The number of carbonyl (C=O) groups excluding carboxylic acids is 1. The normalized spacial score (nSPS) is 24.6. The maximum atomic E-state index is 11.8. The van der Waals surface area contributed by atoms with E-state index in [9.17, 15) is 4.79 Å². The molecule has 3 atom stereocenters. The highest BCUT2D eigenvalue weighted by Crippen LogP contribution is 2.24. The molecule has 0 aromatic heterocycles. The highest BCUT2D eigenvalue weighted by Gasteiger charge is 2.35. The van der Waals surface area contributed by atoms with Gasteiger partial charge in [0.25, 0.3) is 0 Å². The number of benzene rings is 1. The smallest absolute Gasteiger partial charge is 0.331 e. The summed E-state index contributed by atoms with van der Waals surface area (Å²) in [7, 11) is 1.40. The maximum Gasteiger partial charge on any atom is 0.331 e. The SMILES string of the molecule is COC(=O)C(Nc1ccccc1)C1CCC(C)O1. The van der Waals surface area contributed by atoms with E-state index in [1.165, 1.54) is 7.11 Å². The first kappa shape index (κ1) is 12.9. The Balaban J connectivity index is 2.08. The van der Waals surface area contributed by atoms with Gasteiger partial charge in [0.1, 0.15) is 0 Å². The number of methoxy groups -OCH3 is 1. The van der Waals surface area contributed by atoms with E-state index in [4.69, 9.17) is 9.47 Å². The summed E-state index contributed by atoms with van der Waals surface area (Å²) in [6.07, 6.45) is 1.95. The van der Waals surface area contributed by atoms with E-state index < -0.39 is 6.04 Å². The standard InChI is InChI=1S/C14H19NO3/c1-10-8-9-12(18-10)13(14(16)17-2)15-11-6-4-3-5-7-11/h3-7,10,12-13,15H,8-9H2,1-2H3. The molecule has 0 saturated carbocycles. The molecule has 1 aliphatic heterocycles. The summed E-state index contributed by atoms with van der Waals surface area (Å²) in [6.45, 7) is 2.02. The third-order valence-corrected chi connectivity index (χ3v) is 3.19. The second kappa shape index (κ2) is 5.87. The van der Waals surface area contributed by atoms with Crippen LogP contribution in [0.5, 0.6) is 0 Å². The van der Waals surface area contributed by atoms with Crippen molar-refractivity contribution in [1.82, 2.24) is 0 Å². The monoisotopic (exact) mass is 249 g/mol. The lowest BCUT2D eigenvalue weighted by molar-refractivity contribution is -0.144. The van der Waals surface area contributed by atoms with Crippen LogP contribution in [0.25, 0.3) is 0 Å². The summed E-state index contributed by atoms with van der Waals surface area (Å²) in [5.74, 6) is -0.280. The Morgan fingerprint density at radius 3 is 2.67 bits per heavy atom. The van der Waals surface area contributed by atoms with Crippen LogP contribution in [-0.2, 0) is 14.3 Å². The van der Waals surface area contributed by atoms with Crippen LogP contribution in [0.2, 0.25) is 0 Å². The molecule has 4 nitrogen and oxygen atoms in total. The summed E-state index contributed by atoms with van der Waals surface area (Å²) >= 11 is 0. The predicted molar refractivity (Wildman–Crippen MR) is 69.4 cm³/mol. The van der Waals surface area contributed by atoms with Crippen molar-refractivity contribution in [3.63, 3.8) is 0 Å². The quantitative estimate of drug-likeness (QED) is 0.831. The zero-order chi connectivity index (χ0) is 13.0. The van der Waals surface area contributed by atoms with E-state index in [1.807, 2.05) is 37.3 Å². The number of esters is 1. The summed E-state index contributed by atoms with van der Waals surface area (Å²) in [5, 5.41) is 3.19. The van der Waals surface area contributed by atoms with Gasteiger partial charge in [-0.25, -0.2) is 4.79 Å². The molecule has 0 spiro atoms. The molecule has 1 N–H and O–H groups in total. The Morgan fingerprint density at radius 2 is 2.11 bits per heavy atom. The Kier molecular flexibility index (Phi) is 4.20. The Morgan fingerprint density at radius 1 is 1.39 bits per heavy atom. The van der Waals surface area contributed by atoms with Crippen LogP contribution in [-0.4, -0.2) is 31.3 Å². The first-order valence-electron chi connectivity index (χ1n) is 6.25. The van der Waals surface area contributed by atoms with Gasteiger partial charge in [0.2, 0.25) is 0 Å². The molecule has 0 radical (unpaired) electrons. The van der Waals surface area contributed by atoms with Crippen LogP contribution in [0.4, 0.5) is 5.69 Å². The molecule has 98 valence electrons. The van der Waals surface area contributed by atoms with Crippen molar-refractivity contribution in [2.24, 2.45) is 0 Å². The molecular weight excluding hydrogens is 230 g/mol. The minimum Gasteiger partial charge on any atom is -0.467 e. The lowest BCUT2D eigenvalue weighted by Gasteiger charge is -2.23. The van der Waals surface area contributed by atoms with Crippen LogP contribution in [0, 0.1) is 0 Å². The second-order valence-corrected chi connectivity index (χ2v) is 4.57. The van der Waals surface area contributed by atoms with Crippen molar-refractivity contribution in [3.05, 3.63) is 30.3 Å². The van der Waals surface area contributed by atoms with Gasteiger partial charge in [-0.15, -0.1) is 0 Å². The average molecular weight is 249 g/mol. The number of para-hydroxylation sites is 1. The van der Waals surface area contributed by atoms with Crippen LogP contribution < -0.4 is 5.32 Å². The zero-order valence-corrected chi connectivity index (χ0v) is 10.8. The zero-order valence-electron chi connectivity index (χ0n) is 10.8. The molecule has 18 heavy (non-hydrogen) atoms. The Bertz CT molecular complexity index is 393. The van der Waals surface area contributed by atoms with Crippen molar-refractivity contribution >= 4 is 11.7 Å². The maximum absolute atomic E-state index is 11.8. The molecule has 0 amide bonds. The van der Waals surface area contributed by atoms with Gasteiger partial charge in [0.15, 0.2) is 6.04 Å². The van der Waals surface area contributed by atoms with E-state index in [-0.39, 0.29) is 18.2 Å². The van der Waals surface area contributed by atoms with Gasteiger partial charge in [0, 0.05) is 5.69 Å². The molecule has 4 heteroatoms. The van der Waals surface area contributed by atoms with Crippen molar-refractivity contribution < 1.29 is 14.3 Å². The molecule has 1 fully saturated rings. The number of rotatable bonds is 4. The minimum absolute atomic E-state index is 0.118. The van der Waals surface area contributed by atoms with E-state index in [0.29, 0.717) is 0 Å². The van der Waals surface area contributed by atoms with Gasteiger partial charge < -0.3 is 14.8 Å². The van der Waals surface area contributed by atoms with Gasteiger partial charge in [-0.05, 0) is 31.9 Å². The molecule has 0 bridgehead atoms. The van der Waals surface area contributed by atoms with E-state index in [2.05, 4.69) is 5.32 Å². The molecule has 0 aliphatic carbocycles. The van der Waals surface area contributed by atoms with Crippen molar-refractivity contribution in [1.29, 1.82) is 0 Å². The first-order valence-corrected chi connectivity index (χ1v) is 6.25. The fourth-order valence-electron chi connectivity index (χ4n) is 2.22. The lowest BCUT2D eigenvalue weighted by atomic mass is 10.1. The van der Waals surface area contributed by atoms with Gasteiger partial charge in [0.05, 0.1) is 19.3 Å². The first-order chi connectivity index (χ1) is 8.70. The van der Waals surface area contributed by atoms with Gasteiger partial charge >= 0.3 is 5.97 Å². The number of carbonyl (C=O) groups is 1. The fraction of sp³-hybridized carbons (Fsp3) is 0.500. The summed E-state index contributed by atoms with van der Waals surface area (Å²) in [6, 6.07) is 9.20. The van der Waals surface area contributed by atoms with Crippen LogP contribution >= 0.6 is 0 Å². The second-order valence-electron chi connectivity index (χ2n) is 4.57. The fourth-order valence-corrected chi connectivity index (χ4v) is 2.22. The number of hydrogen-bond donors (Lipinski definition) is 1. The molecule has 1 aromatic rings. The predicted octanol–water partition coefficient (Wildman–Crippen LogP) is 2.21. The molecule has 1 heterocycles. The molecule has 1 saturated heterocycles. The summed E-state index contributed by atoms with van der Waals surface area (Å²) in [4.78, 5) is 11.8. The largest absolute Gasteiger partial charge is 0.467 e. The Labute approximate surface area is 107 Å². The number of nitrogens with one attached hydrogen (secondary N) is 1. The number of hydrogen-bond acceptors (Lipinski definition) is 4. The number of ether oxygens (including phenoxy) is 2. The summed E-state index contributed by atoms with van der Waals surface area (Å²) in [5.41, 5.74) is 0.899. The van der Waals surface area contributed by atoms with Crippen LogP contribution in [0.1, 0.15) is 19.8 Å². The lowest BCUT2D eigenvalue weighted by Crippen LogP contribution is -2.41.